The SMILES string of the molecule is CCCOc1ccc(C(NC)c2cccc(F)c2)cc1. The van der Waals surface area contributed by atoms with Crippen LogP contribution in [0.2, 0.25) is 0 Å². The Labute approximate surface area is 119 Å². The van der Waals surface area contributed by atoms with Crippen molar-refractivity contribution in [1.29, 1.82) is 0 Å². The quantitative estimate of drug-likeness (QED) is 0.861. The lowest BCUT2D eigenvalue weighted by Crippen LogP contribution is -2.17. The first-order valence-electron chi connectivity index (χ1n) is 6.90. The van der Waals surface area contributed by atoms with Gasteiger partial charge in [0.2, 0.25) is 0 Å². The number of hydrogen-bond donors (Lipinski definition) is 1. The zero-order chi connectivity index (χ0) is 14.4. The zero-order valence-electron chi connectivity index (χ0n) is 11.9. The Morgan fingerprint density at radius 3 is 2.45 bits per heavy atom. The number of benzene rings is 2. The molecule has 106 valence electrons. The van der Waals surface area contributed by atoms with Crippen LogP contribution in [0.25, 0.3) is 0 Å². The summed E-state index contributed by atoms with van der Waals surface area (Å²) < 4.78 is 18.9. The van der Waals surface area contributed by atoms with Crippen LogP contribution in [0.3, 0.4) is 0 Å². The maximum atomic E-state index is 13.3. The van der Waals surface area contributed by atoms with Crippen molar-refractivity contribution >= 4 is 0 Å². The van der Waals surface area contributed by atoms with E-state index in [-0.39, 0.29) is 11.9 Å². The molecule has 0 radical (unpaired) electrons. The summed E-state index contributed by atoms with van der Waals surface area (Å²) in [5, 5.41) is 3.22. The average Bonchev–Trinajstić information content (AvgIpc) is 2.47. The van der Waals surface area contributed by atoms with E-state index in [4.69, 9.17) is 4.74 Å². The molecule has 0 saturated carbocycles. The number of rotatable bonds is 6. The van der Waals surface area contributed by atoms with Gasteiger partial charge in [-0.2, -0.15) is 0 Å². The molecule has 2 rings (SSSR count). The molecule has 0 saturated heterocycles. The highest BCUT2D eigenvalue weighted by atomic mass is 19.1. The maximum absolute atomic E-state index is 13.3. The van der Waals surface area contributed by atoms with Crippen molar-refractivity contribution in [2.45, 2.75) is 19.4 Å². The molecule has 2 aromatic rings. The zero-order valence-corrected chi connectivity index (χ0v) is 11.9. The van der Waals surface area contributed by atoms with Gasteiger partial charge in [0.15, 0.2) is 0 Å². The second-order valence-electron chi connectivity index (χ2n) is 4.69. The van der Waals surface area contributed by atoms with Gasteiger partial charge in [-0.1, -0.05) is 31.2 Å². The van der Waals surface area contributed by atoms with Gasteiger partial charge in [-0.15, -0.1) is 0 Å². The minimum atomic E-state index is -0.217. The van der Waals surface area contributed by atoms with Gasteiger partial charge in [0.05, 0.1) is 12.6 Å². The highest BCUT2D eigenvalue weighted by Crippen LogP contribution is 2.24. The van der Waals surface area contributed by atoms with Crippen LogP contribution in [-0.4, -0.2) is 13.7 Å². The first-order valence-corrected chi connectivity index (χ1v) is 6.90. The second-order valence-corrected chi connectivity index (χ2v) is 4.69. The summed E-state index contributed by atoms with van der Waals surface area (Å²) in [6, 6.07) is 14.6. The van der Waals surface area contributed by atoms with E-state index in [0.29, 0.717) is 0 Å². The molecule has 0 spiro atoms. The van der Waals surface area contributed by atoms with Crippen LogP contribution in [0.15, 0.2) is 48.5 Å². The van der Waals surface area contributed by atoms with Gasteiger partial charge in [0.25, 0.3) is 0 Å². The molecular formula is C17H20FNO. The molecule has 0 aliphatic carbocycles. The molecule has 20 heavy (non-hydrogen) atoms. The summed E-state index contributed by atoms with van der Waals surface area (Å²) in [7, 11) is 1.87. The normalized spacial score (nSPS) is 12.2. The summed E-state index contributed by atoms with van der Waals surface area (Å²) in [6.07, 6.45) is 0.990. The predicted octanol–water partition coefficient (Wildman–Crippen LogP) is 3.92. The monoisotopic (exact) mass is 273 g/mol. The molecule has 0 amide bonds. The smallest absolute Gasteiger partial charge is 0.123 e. The third-order valence-corrected chi connectivity index (χ3v) is 3.16. The van der Waals surface area contributed by atoms with E-state index in [9.17, 15) is 4.39 Å². The van der Waals surface area contributed by atoms with Crippen molar-refractivity contribution in [3.63, 3.8) is 0 Å². The Morgan fingerprint density at radius 2 is 1.85 bits per heavy atom. The Bertz CT molecular complexity index is 539. The van der Waals surface area contributed by atoms with Crippen molar-refractivity contribution in [2.24, 2.45) is 0 Å². The van der Waals surface area contributed by atoms with Crippen molar-refractivity contribution in [3.8, 4) is 5.75 Å². The lowest BCUT2D eigenvalue weighted by Gasteiger charge is -2.17. The predicted molar refractivity (Wildman–Crippen MR) is 79.5 cm³/mol. The van der Waals surface area contributed by atoms with Crippen molar-refractivity contribution in [2.75, 3.05) is 13.7 Å². The molecule has 0 fully saturated rings. The first-order chi connectivity index (χ1) is 9.74. The van der Waals surface area contributed by atoms with Gasteiger partial charge in [0.1, 0.15) is 11.6 Å². The van der Waals surface area contributed by atoms with Gasteiger partial charge in [-0.3, -0.25) is 0 Å². The van der Waals surface area contributed by atoms with Gasteiger partial charge in [-0.25, -0.2) is 4.39 Å². The Balaban J connectivity index is 2.19. The molecule has 0 aliphatic heterocycles. The molecule has 1 atom stereocenters. The van der Waals surface area contributed by atoms with E-state index in [1.807, 2.05) is 37.4 Å². The molecule has 0 heterocycles. The van der Waals surface area contributed by atoms with Crippen molar-refractivity contribution in [3.05, 3.63) is 65.5 Å². The fourth-order valence-electron chi connectivity index (χ4n) is 2.19. The van der Waals surface area contributed by atoms with Gasteiger partial charge in [0, 0.05) is 0 Å². The van der Waals surface area contributed by atoms with Crippen LogP contribution in [0.4, 0.5) is 4.39 Å². The molecule has 1 N–H and O–H groups in total. The fourth-order valence-corrected chi connectivity index (χ4v) is 2.19. The molecule has 0 aliphatic rings. The van der Waals surface area contributed by atoms with E-state index >= 15 is 0 Å². The Kier molecular flexibility index (Phi) is 5.13. The summed E-state index contributed by atoms with van der Waals surface area (Å²) in [5.74, 6) is 0.648. The number of halogens is 1. The summed E-state index contributed by atoms with van der Waals surface area (Å²) in [6.45, 7) is 2.80. The molecule has 0 aromatic heterocycles. The largest absolute Gasteiger partial charge is 0.494 e. The molecule has 0 bridgehead atoms. The van der Waals surface area contributed by atoms with E-state index in [2.05, 4.69) is 12.2 Å². The topological polar surface area (TPSA) is 21.3 Å². The third-order valence-electron chi connectivity index (χ3n) is 3.16. The van der Waals surface area contributed by atoms with Gasteiger partial charge in [-0.05, 0) is 48.9 Å². The second kappa shape index (κ2) is 7.06. The standard InChI is InChI=1S/C17H20FNO/c1-3-11-20-16-9-7-13(8-10-16)17(19-2)14-5-4-6-15(18)12-14/h4-10,12,17,19H,3,11H2,1-2H3. The molecule has 2 nitrogen and oxygen atoms in total. The average molecular weight is 273 g/mol. The summed E-state index contributed by atoms with van der Waals surface area (Å²) >= 11 is 0. The lowest BCUT2D eigenvalue weighted by molar-refractivity contribution is 0.317. The minimum Gasteiger partial charge on any atom is -0.494 e. The molecule has 2 aromatic carbocycles. The van der Waals surface area contributed by atoms with Crippen LogP contribution in [0.5, 0.6) is 5.75 Å². The van der Waals surface area contributed by atoms with E-state index in [1.165, 1.54) is 6.07 Å². The van der Waals surface area contributed by atoms with Crippen LogP contribution < -0.4 is 10.1 Å². The summed E-state index contributed by atoms with van der Waals surface area (Å²) in [4.78, 5) is 0. The maximum Gasteiger partial charge on any atom is 0.123 e. The fraction of sp³-hybridized carbons (Fsp3) is 0.294. The first kappa shape index (κ1) is 14.5. The number of ether oxygens (including phenoxy) is 1. The third kappa shape index (κ3) is 3.58. The molecular weight excluding hydrogens is 253 g/mol. The minimum absolute atomic E-state index is 0.0223. The van der Waals surface area contributed by atoms with Crippen LogP contribution in [-0.2, 0) is 0 Å². The molecule has 1 unspecified atom stereocenters. The highest BCUT2D eigenvalue weighted by molar-refractivity contribution is 5.35. The Hall–Kier alpha value is -1.87. The highest BCUT2D eigenvalue weighted by Gasteiger charge is 2.12. The van der Waals surface area contributed by atoms with Crippen molar-refractivity contribution < 1.29 is 9.13 Å². The van der Waals surface area contributed by atoms with Gasteiger partial charge < -0.3 is 10.1 Å². The van der Waals surface area contributed by atoms with Gasteiger partial charge >= 0.3 is 0 Å². The van der Waals surface area contributed by atoms with E-state index < -0.39 is 0 Å². The Morgan fingerprint density at radius 1 is 1.10 bits per heavy atom. The van der Waals surface area contributed by atoms with E-state index in [1.54, 1.807) is 12.1 Å². The van der Waals surface area contributed by atoms with E-state index in [0.717, 1.165) is 29.9 Å². The van der Waals surface area contributed by atoms with Crippen LogP contribution >= 0.6 is 0 Å². The van der Waals surface area contributed by atoms with Crippen molar-refractivity contribution in [1.82, 2.24) is 5.32 Å². The number of hydrogen-bond acceptors (Lipinski definition) is 2. The van der Waals surface area contributed by atoms with Crippen LogP contribution in [0, 0.1) is 5.82 Å². The molecule has 3 heteroatoms. The van der Waals surface area contributed by atoms with Crippen LogP contribution in [0.1, 0.15) is 30.5 Å². The number of nitrogens with one attached hydrogen (secondary N) is 1. The summed E-state index contributed by atoms with van der Waals surface area (Å²) in [5.41, 5.74) is 2.00. The lowest BCUT2D eigenvalue weighted by atomic mass is 9.99.